The van der Waals surface area contributed by atoms with E-state index in [0.29, 0.717) is 6.04 Å². The third-order valence-corrected chi connectivity index (χ3v) is 3.40. The summed E-state index contributed by atoms with van der Waals surface area (Å²) >= 11 is 0. The summed E-state index contributed by atoms with van der Waals surface area (Å²) in [6.07, 6.45) is 5.71. The quantitative estimate of drug-likeness (QED) is 0.752. The van der Waals surface area contributed by atoms with Gasteiger partial charge in [0.25, 0.3) is 0 Å². The van der Waals surface area contributed by atoms with Crippen LogP contribution in [0.25, 0.3) is 0 Å². The number of rotatable bonds is 7. The van der Waals surface area contributed by atoms with Crippen molar-refractivity contribution in [2.45, 2.75) is 52.6 Å². The predicted octanol–water partition coefficient (Wildman–Crippen LogP) is 2.27. The fourth-order valence-electron chi connectivity index (χ4n) is 2.14. The molecule has 1 fully saturated rings. The Morgan fingerprint density at radius 3 is 2.72 bits per heavy atom. The zero-order valence-electron chi connectivity index (χ0n) is 11.7. The van der Waals surface area contributed by atoms with Gasteiger partial charge in [-0.25, -0.2) is 9.97 Å². The van der Waals surface area contributed by atoms with Crippen LogP contribution in [0.15, 0.2) is 6.20 Å². The molecule has 0 bridgehead atoms. The highest BCUT2D eigenvalue weighted by molar-refractivity contribution is 5.36. The number of hydrogen-bond donors (Lipinski definition) is 1. The van der Waals surface area contributed by atoms with E-state index in [0.717, 1.165) is 37.7 Å². The Morgan fingerprint density at radius 2 is 2.17 bits per heavy atom. The van der Waals surface area contributed by atoms with Crippen molar-refractivity contribution in [2.75, 3.05) is 18.0 Å². The van der Waals surface area contributed by atoms with Gasteiger partial charge in [-0.1, -0.05) is 6.92 Å². The van der Waals surface area contributed by atoms with Gasteiger partial charge in [0.05, 0.1) is 0 Å². The van der Waals surface area contributed by atoms with E-state index in [9.17, 15) is 0 Å². The molecule has 1 heterocycles. The molecule has 100 valence electrons. The van der Waals surface area contributed by atoms with Crippen molar-refractivity contribution in [3.05, 3.63) is 17.5 Å². The second-order valence-corrected chi connectivity index (χ2v) is 4.97. The first kappa shape index (κ1) is 13.3. The average molecular weight is 248 g/mol. The second kappa shape index (κ2) is 6.14. The van der Waals surface area contributed by atoms with Gasteiger partial charge in [0.1, 0.15) is 0 Å². The third-order valence-electron chi connectivity index (χ3n) is 3.40. The SMILES string of the molecule is CCCNCc1cnc(N(CC)C2CC2)nc1C. The van der Waals surface area contributed by atoms with E-state index in [1.165, 1.54) is 18.4 Å². The van der Waals surface area contributed by atoms with Crippen LogP contribution >= 0.6 is 0 Å². The van der Waals surface area contributed by atoms with E-state index in [-0.39, 0.29) is 0 Å². The Bertz CT molecular complexity index is 387. The first-order valence-corrected chi connectivity index (χ1v) is 7.06. The fraction of sp³-hybridized carbons (Fsp3) is 0.714. The molecular weight excluding hydrogens is 224 g/mol. The van der Waals surface area contributed by atoms with Crippen molar-refractivity contribution < 1.29 is 0 Å². The molecule has 18 heavy (non-hydrogen) atoms. The number of nitrogens with one attached hydrogen (secondary N) is 1. The highest BCUT2D eigenvalue weighted by atomic mass is 15.3. The van der Waals surface area contributed by atoms with E-state index in [4.69, 9.17) is 0 Å². The van der Waals surface area contributed by atoms with Crippen LogP contribution in [0, 0.1) is 6.92 Å². The van der Waals surface area contributed by atoms with E-state index in [2.05, 4.69) is 41.0 Å². The molecule has 4 nitrogen and oxygen atoms in total. The lowest BCUT2D eigenvalue weighted by Gasteiger charge is -2.21. The van der Waals surface area contributed by atoms with Gasteiger partial charge in [-0.3, -0.25) is 0 Å². The molecular formula is C14H24N4. The Morgan fingerprint density at radius 1 is 1.39 bits per heavy atom. The maximum atomic E-state index is 4.66. The maximum Gasteiger partial charge on any atom is 0.225 e. The van der Waals surface area contributed by atoms with Gasteiger partial charge in [0, 0.05) is 36.6 Å². The summed E-state index contributed by atoms with van der Waals surface area (Å²) in [4.78, 5) is 11.5. The van der Waals surface area contributed by atoms with Crippen molar-refractivity contribution in [2.24, 2.45) is 0 Å². The monoisotopic (exact) mass is 248 g/mol. The first-order valence-electron chi connectivity index (χ1n) is 7.06. The molecule has 0 unspecified atom stereocenters. The number of nitrogens with zero attached hydrogens (tertiary/aromatic N) is 3. The van der Waals surface area contributed by atoms with Gasteiger partial charge < -0.3 is 10.2 Å². The summed E-state index contributed by atoms with van der Waals surface area (Å²) in [5.74, 6) is 0.900. The largest absolute Gasteiger partial charge is 0.338 e. The predicted molar refractivity (Wildman–Crippen MR) is 74.8 cm³/mol. The molecule has 0 radical (unpaired) electrons. The van der Waals surface area contributed by atoms with Gasteiger partial charge in [-0.2, -0.15) is 0 Å². The van der Waals surface area contributed by atoms with Crippen LogP contribution < -0.4 is 10.2 Å². The lowest BCUT2D eigenvalue weighted by atomic mass is 10.2. The number of anilines is 1. The topological polar surface area (TPSA) is 41.1 Å². The molecule has 2 rings (SSSR count). The van der Waals surface area contributed by atoms with Gasteiger partial charge in [-0.15, -0.1) is 0 Å². The zero-order chi connectivity index (χ0) is 13.0. The summed E-state index contributed by atoms with van der Waals surface area (Å²) in [7, 11) is 0. The summed E-state index contributed by atoms with van der Waals surface area (Å²) in [5.41, 5.74) is 2.31. The second-order valence-electron chi connectivity index (χ2n) is 4.97. The van der Waals surface area contributed by atoms with Crippen LogP contribution in [0.3, 0.4) is 0 Å². The molecule has 1 aromatic heterocycles. The molecule has 1 aromatic rings. The van der Waals surface area contributed by atoms with E-state index in [1.807, 2.05) is 6.20 Å². The summed E-state index contributed by atoms with van der Waals surface area (Å²) < 4.78 is 0. The standard InChI is InChI=1S/C14H24N4/c1-4-8-15-9-12-10-16-14(17-11(12)3)18(5-2)13-6-7-13/h10,13,15H,4-9H2,1-3H3. The normalized spacial score (nSPS) is 14.8. The van der Waals surface area contributed by atoms with Crippen molar-refractivity contribution in [1.82, 2.24) is 15.3 Å². The molecule has 0 amide bonds. The lowest BCUT2D eigenvalue weighted by molar-refractivity contribution is 0.666. The number of hydrogen-bond acceptors (Lipinski definition) is 4. The summed E-state index contributed by atoms with van der Waals surface area (Å²) in [6.45, 7) is 9.34. The Hall–Kier alpha value is -1.16. The highest BCUT2D eigenvalue weighted by Crippen LogP contribution is 2.29. The molecule has 1 N–H and O–H groups in total. The molecule has 1 aliphatic carbocycles. The van der Waals surface area contributed by atoms with Crippen LogP contribution in [0.1, 0.15) is 44.4 Å². The van der Waals surface area contributed by atoms with E-state index >= 15 is 0 Å². The van der Waals surface area contributed by atoms with Crippen molar-refractivity contribution in [3.8, 4) is 0 Å². The van der Waals surface area contributed by atoms with Gasteiger partial charge in [0.15, 0.2) is 0 Å². The van der Waals surface area contributed by atoms with Crippen LogP contribution in [0.2, 0.25) is 0 Å². The molecule has 0 saturated heterocycles. The third kappa shape index (κ3) is 3.19. The fourth-order valence-corrected chi connectivity index (χ4v) is 2.14. The average Bonchev–Trinajstić information content (AvgIpc) is 3.17. The van der Waals surface area contributed by atoms with E-state index in [1.54, 1.807) is 0 Å². The number of aryl methyl sites for hydroxylation is 1. The minimum Gasteiger partial charge on any atom is -0.338 e. The summed E-state index contributed by atoms with van der Waals surface area (Å²) in [6, 6.07) is 0.679. The Kier molecular flexibility index (Phi) is 4.53. The van der Waals surface area contributed by atoms with E-state index < -0.39 is 0 Å². The molecule has 0 aliphatic heterocycles. The molecule has 0 aromatic carbocycles. The van der Waals surface area contributed by atoms with Crippen molar-refractivity contribution in [3.63, 3.8) is 0 Å². The number of aromatic nitrogens is 2. The molecule has 0 atom stereocenters. The van der Waals surface area contributed by atoms with Crippen LogP contribution in [0.4, 0.5) is 5.95 Å². The smallest absolute Gasteiger partial charge is 0.225 e. The van der Waals surface area contributed by atoms with Crippen molar-refractivity contribution in [1.29, 1.82) is 0 Å². The Balaban J connectivity index is 2.03. The lowest BCUT2D eigenvalue weighted by Crippen LogP contribution is -2.27. The molecule has 0 spiro atoms. The molecule has 4 heteroatoms. The summed E-state index contributed by atoms with van der Waals surface area (Å²) in [5, 5.41) is 3.40. The first-order chi connectivity index (χ1) is 8.76. The van der Waals surface area contributed by atoms with Crippen LogP contribution in [0.5, 0.6) is 0 Å². The zero-order valence-corrected chi connectivity index (χ0v) is 11.7. The van der Waals surface area contributed by atoms with Gasteiger partial charge in [-0.05, 0) is 39.7 Å². The minimum atomic E-state index is 0.679. The van der Waals surface area contributed by atoms with Gasteiger partial charge in [0.2, 0.25) is 5.95 Å². The maximum absolute atomic E-state index is 4.66. The highest BCUT2D eigenvalue weighted by Gasteiger charge is 2.29. The van der Waals surface area contributed by atoms with Crippen molar-refractivity contribution >= 4 is 5.95 Å². The molecule has 1 saturated carbocycles. The van der Waals surface area contributed by atoms with Crippen LogP contribution in [-0.4, -0.2) is 29.1 Å². The van der Waals surface area contributed by atoms with Gasteiger partial charge >= 0.3 is 0 Å². The van der Waals surface area contributed by atoms with Crippen LogP contribution in [-0.2, 0) is 6.54 Å². The molecule has 1 aliphatic rings. The Labute approximate surface area is 110 Å². The minimum absolute atomic E-state index is 0.679.